The van der Waals surface area contributed by atoms with Crippen LogP contribution in [0.4, 0.5) is 0 Å². The van der Waals surface area contributed by atoms with Gasteiger partial charge >= 0.3 is 0 Å². The zero-order valence-electron chi connectivity index (χ0n) is 14.9. The van der Waals surface area contributed by atoms with Crippen LogP contribution in [0.5, 0.6) is 0 Å². The smallest absolute Gasteiger partial charge is 0.0898 e. The lowest BCUT2D eigenvalue weighted by molar-refractivity contribution is 1.24. The molecule has 130 valence electrons. The average molecular weight is 358 g/mol. The van der Waals surface area contributed by atoms with Crippen LogP contribution in [0.1, 0.15) is 22.3 Å². The lowest BCUT2D eigenvalue weighted by Gasteiger charge is -2.01. The Hall–Kier alpha value is -4.28. The fourth-order valence-corrected chi connectivity index (χ4v) is 2.46. The van der Waals surface area contributed by atoms with Crippen LogP contribution in [-0.4, -0.2) is 19.9 Å². The van der Waals surface area contributed by atoms with Gasteiger partial charge < -0.3 is 0 Å². The standard InChI is InChI=1S/C24H14N4/c1-3-21(17-25-11-1)7-5-19-9-13-27-23(15-19)24-16-20(10-14-28-24)6-8-22-4-2-12-26-18-22/h1-4,9-18H. The van der Waals surface area contributed by atoms with Gasteiger partial charge in [-0.05, 0) is 48.5 Å². The molecule has 0 unspecified atom stereocenters. The van der Waals surface area contributed by atoms with Gasteiger partial charge in [0.1, 0.15) is 0 Å². The third-order valence-electron chi connectivity index (χ3n) is 3.81. The Labute approximate surface area is 163 Å². The summed E-state index contributed by atoms with van der Waals surface area (Å²) in [5.74, 6) is 12.5. The van der Waals surface area contributed by atoms with Crippen LogP contribution in [0.15, 0.2) is 85.7 Å². The summed E-state index contributed by atoms with van der Waals surface area (Å²) in [6.07, 6.45) is 10.4. The number of rotatable bonds is 1. The van der Waals surface area contributed by atoms with E-state index in [2.05, 4.69) is 43.6 Å². The Morgan fingerprint density at radius 2 is 0.964 bits per heavy atom. The van der Waals surface area contributed by atoms with Crippen molar-refractivity contribution in [3.63, 3.8) is 0 Å². The van der Waals surface area contributed by atoms with E-state index in [4.69, 9.17) is 0 Å². The molecule has 0 saturated heterocycles. The molecule has 0 bridgehead atoms. The molecule has 0 amide bonds. The fraction of sp³-hybridized carbons (Fsp3) is 0. The summed E-state index contributed by atoms with van der Waals surface area (Å²) in [4.78, 5) is 17.0. The minimum absolute atomic E-state index is 0.753. The Morgan fingerprint density at radius 1 is 0.500 bits per heavy atom. The number of aromatic nitrogens is 4. The van der Waals surface area contributed by atoms with E-state index in [-0.39, 0.29) is 0 Å². The molecule has 0 saturated carbocycles. The molecule has 0 N–H and O–H groups in total. The summed E-state index contributed by atoms with van der Waals surface area (Å²) in [5.41, 5.74) is 4.97. The van der Waals surface area contributed by atoms with Crippen LogP contribution in [0.25, 0.3) is 11.4 Å². The van der Waals surface area contributed by atoms with Crippen molar-refractivity contribution in [1.82, 2.24) is 19.9 Å². The Kier molecular flexibility index (Phi) is 5.15. The Balaban J connectivity index is 1.60. The monoisotopic (exact) mass is 358 g/mol. The third-order valence-corrected chi connectivity index (χ3v) is 3.81. The minimum atomic E-state index is 0.753. The van der Waals surface area contributed by atoms with Crippen LogP contribution in [0.2, 0.25) is 0 Å². The highest BCUT2D eigenvalue weighted by atomic mass is 14.8. The molecule has 4 rings (SSSR count). The molecule has 4 heterocycles. The van der Waals surface area contributed by atoms with E-state index in [1.165, 1.54) is 0 Å². The summed E-state index contributed by atoms with van der Waals surface area (Å²) >= 11 is 0. The normalized spacial score (nSPS) is 9.57. The van der Waals surface area contributed by atoms with Gasteiger partial charge in [-0.25, -0.2) is 0 Å². The van der Waals surface area contributed by atoms with Gasteiger partial charge in [0, 0.05) is 59.4 Å². The topological polar surface area (TPSA) is 51.6 Å². The number of nitrogens with zero attached hydrogens (tertiary/aromatic N) is 4. The van der Waals surface area contributed by atoms with Gasteiger partial charge in [0.25, 0.3) is 0 Å². The Bertz CT molecular complexity index is 1110. The molecule has 0 aromatic carbocycles. The second-order valence-electron chi connectivity index (χ2n) is 5.84. The average Bonchev–Trinajstić information content (AvgIpc) is 2.78. The molecule has 4 aromatic rings. The molecular formula is C24H14N4. The van der Waals surface area contributed by atoms with Gasteiger partial charge in [0.15, 0.2) is 0 Å². The van der Waals surface area contributed by atoms with Gasteiger partial charge in [-0.15, -0.1) is 0 Å². The van der Waals surface area contributed by atoms with Crippen LogP contribution >= 0.6 is 0 Å². The minimum Gasteiger partial charge on any atom is -0.263 e. The van der Waals surface area contributed by atoms with Crippen LogP contribution in [0.3, 0.4) is 0 Å². The van der Waals surface area contributed by atoms with Crippen molar-refractivity contribution in [2.45, 2.75) is 0 Å². The van der Waals surface area contributed by atoms with E-state index in [0.29, 0.717) is 0 Å². The van der Waals surface area contributed by atoms with Crippen molar-refractivity contribution in [1.29, 1.82) is 0 Å². The number of hydrogen-bond acceptors (Lipinski definition) is 4. The largest absolute Gasteiger partial charge is 0.263 e. The van der Waals surface area contributed by atoms with E-state index in [0.717, 1.165) is 33.6 Å². The van der Waals surface area contributed by atoms with Crippen LogP contribution in [-0.2, 0) is 0 Å². The summed E-state index contributed by atoms with van der Waals surface area (Å²) in [5, 5.41) is 0. The van der Waals surface area contributed by atoms with E-state index < -0.39 is 0 Å². The zero-order chi connectivity index (χ0) is 19.0. The van der Waals surface area contributed by atoms with Gasteiger partial charge in [-0.1, -0.05) is 23.7 Å². The molecular weight excluding hydrogens is 344 g/mol. The summed E-state index contributed by atoms with van der Waals surface area (Å²) in [6, 6.07) is 15.2. The molecule has 0 atom stereocenters. The zero-order valence-corrected chi connectivity index (χ0v) is 14.9. The first-order valence-electron chi connectivity index (χ1n) is 8.63. The molecule has 0 radical (unpaired) electrons. The van der Waals surface area contributed by atoms with Gasteiger partial charge in [0.05, 0.1) is 11.4 Å². The predicted molar refractivity (Wildman–Crippen MR) is 108 cm³/mol. The molecule has 0 fully saturated rings. The first kappa shape index (κ1) is 17.1. The summed E-state index contributed by atoms with van der Waals surface area (Å²) in [6.45, 7) is 0. The van der Waals surface area contributed by atoms with Gasteiger partial charge in [0.2, 0.25) is 0 Å². The molecule has 4 nitrogen and oxygen atoms in total. The second kappa shape index (κ2) is 8.40. The molecule has 0 aliphatic carbocycles. The lowest BCUT2D eigenvalue weighted by atomic mass is 10.1. The predicted octanol–water partition coefficient (Wildman–Crippen LogP) is 3.73. The third kappa shape index (κ3) is 4.46. The molecule has 4 heteroatoms. The molecule has 28 heavy (non-hydrogen) atoms. The van der Waals surface area contributed by atoms with Gasteiger partial charge in [-0.3, -0.25) is 19.9 Å². The van der Waals surface area contributed by atoms with Crippen LogP contribution < -0.4 is 0 Å². The van der Waals surface area contributed by atoms with Crippen molar-refractivity contribution in [3.05, 3.63) is 108 Å². The molecule has 0 aliphatic rings. The van der Waals surface area contributed by atoms with E-state index in [9.17, 15) is 0 Å². The summed E-state index contributed by atoms with van der Waals surface area (Å²) in [7, 11) is 0. The van der Waals surface area contributed by atoms with Crippen molar-refractivity contribution in [2.24, 2.45) is 0 Å². The number of hydrogen-bond donors (Lipinski definition) is 0. The number of pyridine rings is 4. The maximum atomic E-state index is 4.42. The first-order chi connectivity index (χ1) is 13.9. The lowest BCUT2D eigenvalue weighted by Crippen LogP contribution is -1.89. The highest BCUT2D eigenvalue weighted by molar-refractivity contribution is 5.59. The van der Waals surface area contributed by atoms with Crippen molar-refractivity contribution in [3.8, 4) is 35.1 Å². The quantitative estimate of drug-likeness (QED) is 0.487. The molecule has 4 aromatic heterocycles. The summed E-state index contributed by atoms with van der Waals surface area (Å²) < 4.78 is 0. The van der Waals surface area contributed by atoms with E-state index >= 15 is 0 Å². The second-order valence-corrected chi connectivity index (χ2v) is 5.84. The fourth-order valence-electron chi connectivity index (χ4n) is 2.46. The van der Waals surface area contributed by atoms with Gasteiger partial charge in [-0.2, -0.15) is 0 Å². The van der Waals surface area contributed by atoms with Crippen molar-refractivity contribution in [2.75, 3.05) is 0 Å². The molecule has 0 spiro atoms. The molecule has 0 aliphatic heterocycles. The maximum Gasteiger partial charge on any atom is 0.0898 e. The Morgan fingerprint density at radius 3 is 1.39 bits per heavy atom. The van der Waals surface area contributed by atoms with Crippen molar-refractivity contribution >= 4 is 0 Å². The van der Waals surface area contributed by atoms with E-state index in [1.54, 1.807) is 37.2 Å². The highest BCUT2D eigenvalue weighted by Gasteiger charge is 2.02. The highest BCUT2D eigenvalue weighted by Crippen LogP contribution is 2.16. The van der Waals surface area contributed by atoms with Crippen molar-refractivity contribution < 1.29 is 0 Å². The maximum absolute atomic E-state index is 4.42. The van der Waals surface area contributed by atoms with Crippen LogP contribution in [0, 0.1) is 23.7 Å². The van der Waals surface area contributed by atoms with E-state index in [1.807, 2.05) is 48.5 Å². The first-order valence-corrected chi connectivity index (χ1v) is 8.63. The SMILES string of the molecule is C(#Cc1ccnc(-c2cc(C#Cc3cccnc3)ccn2)c1)c1cccnc1.